The van der Waals surface area contributed by atoms with Crippen molar-refractivity contribution in [2.24, 2.45) is 0 Å². The van der Waals surface area contributed by atoms with E-state index in [0.29, 0.717) is 34.4 Å². The van der Waals surface area contributed by atoms with E-state index in [4.69, 9.17) is 0 Å². The number of nitrogens with zero attached hydrogens (tertiary/aromatic N) is 3. The average molecular weight is 350 g/mol. The highest BCUT2D eigenvalue weighted by molar-refractivity contribution is 5.78. The number of nitrogens with one attached hydrogen (secondary N) is 1. The molecular weight excluding hydrogens is 328 g/mol. The zero-order chi connectivity index (χ0) is 18.0. The fourth-order valence-corrected chi connectivity index (χ4v) is 3.93. The van der Waals surface area contributed by atoms with E-state index in [9.17, 15) is 9.90 Å². The Morgan fingerprint density at radius 1 is 1.15 bits per heavy atom. The normalized spacial score (nSPS) is 17.2. The van der Waals surface area contributed by atoms with Gasteiger partial charge in [0.1, 0.15) is 11.2 Å². The number of hydrogen-bond donors (Lipinski definition) is 2. The van der Waals surface area contributed by atoms with E-state index in [1.54, 1.807) is 4.68 Å². The highest BCUT2D eigenvalue weighted by Gasteiger charge is 2.29. The monoisotopic (exact) mass is 350 g/mol. The van der Waals surface area contributed by atoms with Gasteiger partial charge in [-0.2, -0.15) is 0 Å². The smallest absolute Gasteiger partial charge is 0.262 e. The van der Waals surface area contributed by atoms with Crippen molar-refractivity contribution >= 4 is 11.0 Å². The van der Waals surface area contributed by atoms with Gasteiger partial charge in [0.05, 0.1) is 18.0 Å². The van der Waals surface area contributed by atoms with E-state index >= 15 is 0 Å². The molecule has 2 N–H and O–H groups in total. The van der Waals surface area contributed by atoms with Crippen LogP contribution in [0.1, 0.15) is 65.7 Å². The number of rotatable bonds is 4. The third-order valence-electron chi connectivity index (χ3n) is 5.55. The van der Waals surface area contributed by atoms with Crippen LogP contribution in [0.15, 0.2) is 16.9 Å². The molecule has 1 aromatic carbocycles. The lowest BCUT2D eigenvalue weighted by molar-refractivity contribution is 0.274. The minimum absolute atomic E-state index is 0.211. The molecule has 6 nitrogen and oxygen atoms in total. The van der Waals surface area contributed by atoms with Gasteiger partial charge in [-0.3, -0.25) is 4.79 Å². The molecule has 2 saturated carbocycles. The van der Waals surface area contributed by atoms with Crippen molar-refractivity contribution in [2.45, 2.75) is 58.0 Å². The van der Waals surface area contributed by atoms with Crippen molar-refractivity contribution in [3.63, 3.8) is 0 Å². The summed E-state index contributed by atoms with van der Waals surface area (Å²) in [5.41, 5.74) is 5.23. The third kappa shape index (κ3) is 2.40. The lowest BCUT2D eigenvalue weighted by Crippen LogP contribution is -2.12. The minimum Gasteiger partial charge on any atom is -0.390 e. The van der Waals surface area contributed by atoms with Crippen molar-refractivity contribution in [3.8, 4) is 5.69 Å². The maximum atomic E-state index is 12.6. The largest absolute Gasteiger partial charge is 0.390 e. The van der Waals surface area contributed by atoms with Gasteiger partial charge in [0.15, 0.2) is 5.65 Å². The van der Waals surface area contributed by atoms with Crippen molar-refractivity contribution in [3.05, 3.63) is 50.7 Å². The molecule has 0 spiro atoms. The molecule has 5 rings (SSSR count). The van der Waals surface area contributed by atoms with Crippen LogP contribution in [-0.4, -0.2) is 24.9 Å². The Kier molecular flexibility index (Phi) is 3.34. The summed E-state index contributed by atoms with van der Waals surface area (Å²) in [6, 6.07) is 4.42. The summed E-state index contributed by atoms with van der Waals surface area (Å²) in [6.45, 7) is 3.87. The number of benzene rings is 1. The van der Waals surface area contributed by atoms with Crippen LogP contribution in [0.25, 0.3) is 16.7 Å². The molecule has 26 heavy (non-hydrogen) atoms. The number of hydrogen-bond acceptors (Lipinski definition) is 4. The first-order valence-electron chi connectivity index (χ1n) is 9.31. The molecule has 134 valence electrons. The fraction of sp³-hybridized carbons (Fsp3) is 0.450. The van der Waals surface area contributed by atoms with Gasteiger partial charge in [-0.15, -0.1) is 5.10 Å². The number of H-pyrrole nitrogens is 1. The Balaban J connectivity index is 1.74. The zero-order valence-corrected chi connectivity index (χ0v) is 15.0. The highest BCUT2D eigenvalue weighted by atomic mass is 16.3. The number of aromatic nitrogens is 4. The molecule has 2 fully saturated rings. The van der Waals surface area contributed by atoms with Crippen LogP contribution in [-0.2, 0) is 6.61 Å². The molecule has 0 bridgehead atoms. The SMILES string of the molecule is Cc1cc(C2CC2)cc(C)c1-n1nc2nc(C3CC3)[nH]c(=O)c2c1CO. The van der Waals surface area contributed by atoms with Crippen LogP contribution < -0.4 is 5.56 Å². The molecule has 0 saturated heterocycles. The van der Waals surface area contributed by atoms with Gasteiger partial charge in [0.25, 0.3) is 5.56 Å². The van der Waals surface area contributed by atoms with Crippen molar-refractivity contribution < 1.29 is 5.11 Å². The number of aliphatic hydroxyl groups excluding tert-OH is 1. The number of aliphatic hydroxyl groups is 1. The van der Waals surface area contributed by atoms with Crippen LogP contribution in [0.4, 0.5) is 0 Å². The molecule has 0 amide bonds. The van der Waals surface area contributed by atoms with E-state index in [-0.39, 0.29) is 12.2 Å². The van der Waals surface area contributed by atoms with E-state index in [0.717, 1.165) is 29.7 Å². The van der Waals surface area contributed by atoms with Gasteiger partial charge in [-0.25, -0.2) is 9.67 Å². The number of fused-ring (bicyclic) bond motifs is 1. The topological polar surface area (TPSA) is 83.8 Å². The molecule has 6 heteroatoms. The van der Waals surface area contributed by atoms with Gasteiger partial charge in [-0.1, -0.05) is 12.1 Å². The Hall–Kier alpha value is -2.47. The Morgan fingerprint density at radius 2 is 1.81 bits per heavy atom. The molecular formula is C20H22N4O2. The Labute approximate surface area is 150 Å². The molecule has 2 aliphatic rings. The maximum absolute atomic E-state index is 12.6. The van der Waals surface area contributed by atoms with Crippen LogP contribution >= 0.6 is 0 Å². The van der Waals surface area contributed by atoms with Crippen molar-refractivity contribution in [1.82, 2.24) is 19.7 Å². The first-order valence-corrected chi connectivity index (χ1v) is 9.31. The summed E-state index contributed by atoms with van der Waals surface area (Å²) in [5, 5.41) is 15.0. The van der Waals surface area contributed by atoms with Crippen LogP contribution in [0.5, 0.6) is 0 Å². The standard InChI is InChI=1S/C20H22N4O2/c1-10-7-14(12-3-4-12)8-11(2)17(10)24-15(9-25)16-19(23-24)21-18(13-5-6-13)22-20(16)26/h7-8,12-13,25H,3-6,9H2,1-2H3,(H,21,22,23,26). The summed E-state index contributed by atoms with van der Waals surface area (Å²) >= 11 is 0. The van der Waals surface area contributed by atoms with Gasteiger partial charge in [0, 0.05) is 5.92 Å². The Morgan fingerprint density at radius 3 is 2.38 bits per heavy atom. The fourth-order valence-electron chi connectivity index (χ4n) is 3.93. The van der Waals surface area contributed by atoms with E-state index in [1.807, 2.05) is 0 Å². The summed E-state index contributed by atoms with van der Waals surface area (Å²) in [6.07, 6.45) is 4.63. The maximum Gasteiger partial charge on any atom is 0.262 e. The third-order valence-corrected chi connectivity index (χ3v) is 5.55. The summed E-state index contributed by atoms with van der Waals surface area (Å²) in [7, 11) is 0. The predicted molar refractivity (Wildman–Crippen MR) is 98.8 cm³/mol. The molecule has 3 aromatic rings. The van der Waals surface area contributed by atoms with Crippen molar-refractivity contribution in [2.75, 3.05) is 0 Å². The molecule has 2 aromatic heterocycles. The lowest BCUT2D eigenvalue weighted by atomic mass is 10.0. The van der Waals surface area contributed by atoms with E-state index in [2.05, 4.69) is 41.0 Å². The Bertz CT molecular complexity index is 1060. The van der Waals surface area contributed by atoms with Gasteiger partial charge in [0.2, 0.25) is 0 Å². The van der Waals surface area contributed by atoms with Crippen LogP contribution in [0, 0.1) is 13.8 Å². The van der Waals surface area contributed by atoms with Crippen molar-refractivity contribution in [1.29, 1.82) is 0 Å². The molecule has 0 aliphatic heterocycles. The highest BCUT2D eigenvalue weighted by Crippen LogP contribution is 2.42. The van der Waals surface area contributed by atoms with Crippen LogP contribution in [0.3, 0.4) is 0 Å². The predicted octanol–water partition coefficient (Wildman–Crippen LogP) is 2.97. The molecule has 0 unspecified atom stereocenters. The lowest BCUT2D eigenvalue weighted by Gasteiger charge is -2.14. The summed E-state index contributed by atoms with van der Waals surface area (Å²) in [4.78, 5) is 20.1. The van der Waals surface area contributed by atoms with Gasteiger partial charge >= 0.3 is 0 Å². The summed E-state index contributed by atoms with van der Waals surface area (Å²) < 4.78 is 1.71. The quantitative estimate of drug-likeness (QED) is 0.758. The molecule has 2 aliphatic carbocycles. The molecule has 2 heterocycles. The summed E-state index contributed by atoms with van der Waals surface area (Å²) in [5.74, 6) is 1.74. The second kappa shape index (κ2) is 5.51. The van der Waals surface area contributed by atoms with Gasteiger partial charge < -0.3 is 10.1 Å². The van der Waals surface area contributed by atoms with Crippen LogP contribution in [0.2, 0.25) is 0 Å². The second-order valence-corrected chi connectivity index (χ2v) is 7.72. The number of aryl methyl sites for hydroxylation is 2. The first kappa shape index (κ1) is 15.8. The first-order chi connectivity index (χ1) is 12.6. The molecule has 0 atom stereocenters. The van der Waals surface area contributed by atoms with Gasteiger partial charge in [-0.05, 0) is 62.1 Å². The van der Waals surface area contributed by atoms with E-state index in [1.165, 1.54) is 18.4 Å². The molecule has 0 radical (unpaired) electrons. The number of aromatic amines is 1. The minimum atomic E-state index is -0.257. The van der Waals surface area contributed by atoms with E-state index < -0.39 is 0 Å². The zero-order valence-electron chi connectivity index (χ0n) is 15.0. The average Bonchev–Trinajstić information content (AvgIpc) is 3.50. The second-order valence-electron chi connectivity index (χ2n) is 7.72.